The Balaban J connectivity index is 2.54. The average Bonchev–Trinajstić information content (AvgIpc) is 1.80. The molecule has 1 atom stereocenters. The smallest absolute Gasteiger partial charge is 0.347 e. The van der Waals surface area contributed by atoms with Crippen LogP contribution in [0.25, 0.3) is 0 Å². The Bertz CT molecular complexity index is 151. The largest absolute Gasteiger partial charge is 0.451 e. The molecule has 0 radical (unpaired) electrons. The van der Waals surface area contributed by atoms with Crippen molar-refractivity contribution in [1.82, 2.24) is 0 Å². The van der Waals surface area contributed by atoms with Gasteiger partial charge in [0.15, 0.2) is 12.7 Å². The Kier molecular flexibility index (Phi) is 1.38. The third-order valence-electron chi connectivity index (χ3n) is 0.972. The number of ether oxygens (including phenoxy) is 2. The Morgan fingerprint density at radius 3 is 2.67 bits per heavy atom. The first-order valence-electron chi connectivity index (χ1n) is 2.56. The first kappa shape index (κ1) is 6.07. The van der Waals surface area contributed by atoms with Crippen LogP contribution >= 0.6 is 0 Å². The lowest BCUT2D eigenvalue weighted by Crippen LogP contribution is -2.35. The number of esters is 2. The predicted molar refractivity (Wildman–Crippen MR) is 26.5 cm³/mol. The first-order valence-corrected chi connectivity index (χ1v) is 2.56. The van der Waals surface area contributed by atoms with E-state index in [9.17, 15) is 9.59 Å². The van der Waals surface area contributed by atoms with Crippen LogP contribution in [0.3, 0.4) is 0 Å². The number of hydrogen-bond donors (Lipinski definition) is 0. The number of hydrogen-bond acceptors (Lipinski definition) is 4. The topological polar surface area (TPSA) is 52.6 Å². The van der Waals surface area contributed by atoms with E-state index in [0.717, 1.165) is 0 Å². The molecule has 1 saturated heterocycles. The summed E-state index contributed by atoms with van der Waals surface area (Å²) < 4.78 is 8.87. The van der Waals surface area contributed by atoms with Gasteiger partial charge in [0.05, 0.1) is 0 Å². The van der Waals surface area contributed by atoms with Crippen molar-refractivity contribution in [3.05, 3.63) is 0 Å². The standard InChI is InChI=1S/C5H6O4/c1-3-5(7)8-2-4(6)9-3/h3H,2H2,1H3/t3-/m1/s1. The number of carbonyl (C=O) groups excluding carboxylic acids is 2. The molecule has 0 aromatic rings. The zero-order valence-electron chi connectivity index (χ0n) is 4.92. The summed E-state index contributed by atoms with van der Waals surface area (Å²) in [6.45, 7) is 1.22. The molecule has 1 heterocycles. The normalized spacial score (nSPS) is 27.0. The van der Waals surface area contributed by atoms with Gasteiger partial charge < -0.3 is 9.47 Å². The molecule has 4 heteroatoms. The quantitative estimate of drug-likeness (QED) is 0.414. The molecule has 1 aliphatic heterocycles. The fraction of sp³-hybridized carbons (Fsp3) is 0.600. The summed E-state index contributed by atoms with van der Waals surface area (Å²) in [5, 5.41) is 0. The van der Waals surface area contributed by atoms with E-state index in [1.165, 1.54) is 6.92 Å². The molecular formula is C5H6O4. The van der Waals surface area contributed by atoms with Crippen LogP contribution in [0.4, 0.5) is 0 Å². The molecule has 0 bridgehead atoms. The molecule has 0 unspecified atom stereocenters. The lowest BCUT2D eigenvalue weighted by molar-refractivity contribution is -0.183. The molecule has 4 nitrogen and oxygen atoms in total. The van der Waals surface area contributed by atoms with E-state index in [2.05, 4.69) is 9.47 Å². The van der Waals surface area contributed by atoms with Crippen molar-refractivity contribution in [2.24, 2.45) is 0 Å². The minimum absolute atomic E-state index is 0.247. The summed E-state index contributed by atoms with van der Waals surface area (Å²) in [4.78, 5) is 20.8. The second-order valence-electron chi connectivity index (χ2n) is 1.74. The highest BCUT2D eigenvalue weighted by atomic mass is 16.6. The number of rotatable bonds is 0. The van der Waals surface area contributed by atoms with Crippen LogP contribution < -0.4 is 0 Å². The van der Waals surface area contributed by atoms with E-state index < -0.39 is 18.0 Å². The van der Waals surface area contributed by atoms with Crippen molar-refractivity contribution in [2.75, 3.05) is 6.61 Å². The second-order valence-corrected chi connectivity index (χ2v) is 1.74. The molecule has 0 N–H and O–H groups in total. The van der Waals surface area contributed by atoms with Crippen molar-refractivity contribution < 1.29 is 19.1 Å². The Hall–Kier alpha value is -1.06. The van der Waals surface area contributed by atoms with E-state index >= 15 is 0 Å². The Labute approximate surface area is 51.7 Å². The SMILES string of the molecule is C[C@H]1OC(=O)COC1=O. The molecule has 0 aromatic heterocycles. The van der Waals surface area contributed by atoms with Crippen molar-refractivity contribution in [3.63, 3.8) is 0 Å². The zero-order chi connectivity index (χ0) is 6.85. The molecular weight excluding hydrogens is 124 g/mol. The highest BCUT2D eigenvalue weighted by Crippen LogP contribution is 2.01. The summed E-state index contributed by atoms with van der Waals surface area (Å²) in [6.07, 6.45) is -0.730. The molecule has 50 valence electrons. The van der Waals surface area contributed by atoms with Gasteiger partial charge in [0.25, 0.3) is 0 Å². The van der Waals surface area contributed by atoms with Crippen molar-refractivity contribution >= 4 is 11.9 Å². The highest BCUT2D eigenvalue weighted by molar-refractivity contribution is 5.84. The lowest BCUT2D eigenvalue weighted by Gasteiger charge is -2.16. The predicted octanol–water partition coefficient (Wildman–Crippen LogP) is -0.525. The van der Waals surface area contributed by atoms with Crippen LogP contribution in [-0.4, -0.2) is 24.6 Å². The minimum atomic E-state index is -0.730. The van der Waals surface area contributed by atoms with Crippen LogP contribution in [0.1, 0.15) is 6.92 Å². The van der Waals surface area contributed by atoms with Crippen molar-refractivity contribution in [1.29, 1.82) is 0 Å². The van der Waals surface area contributed by atoms with Gasteiger partial charge in [-0.1, -0.05) is 0 Å². The Morgan fingerprint density at radius 1 is 1.56 bits per heavy atom. The third kappa shape index (κ3) is 1.19. The molecule has 1 fully saturated rings. The number of cyclic esters (lactones) is 2. The van der Waals surface area contributed by atoms with E-state index in [4.69, 9.17) is 0 Å². The van der Waals surface area contributed by atoms with Crippen LogP contribution in [0.15, 0.2) is 0 Å². The van der Waals surface area contributed by atoms with Gasteiger partial charge in [-0.05, 0) is 6.92 Å². The summed E-state index contributed by atoms with van der Waals surface area (Å²) >= 11 is 0. The van der Waals surface area contributed by atoms with E-state index in [1.54, 1.807) is 0 Å². The van der Waals surface area contributed by atoms with Gasteiger partial charge in [-0.3, -0.25) is 0 Å². The van der Waals surface area contributed by atoms with Gasteiger partial charge in [-0.2, -0.15) is 0 Å². The maximum Gasteiger partial charge on any atom is 0.347 e. The van der Waals surface area contributed by atoms with Crippen molar-refractivity contribution in [3.8, 4) is 0 Å². The van der Waals surface area contributed by atoms with Crippen molar-refractivity contribution in [2.45, 2.75) is 13.0 Å². The lowest BCUT2D eigenvalue weighted by atomic mass is 10.4. The molecule has 0 aliphatic carbocycles. The molecule has 0 saturated carbocycles. The molecule has 1 rings (SSSR count). The van der Waals surface area contributed by atoms with Crippen LogP contribution in [-0.2, 0) is 19.1 Å². The van der Waals surface area contributed by atoms with Crippen LogP contribution in [0.5, 0.6) is 0 Å². The number of carbonyl (C=O) groups is 2. The van der Waals surface area contributed by atoms with Gasteiger partial charge >= 0.3 is 11.9 Å². The monoisotopic (exact) mass is 130 g/mol. The molecule has 0 aromatic carbocycles. The maximum atomic E-state index is 10.4. The van der Waals surface area contributed by atoms with E-state index in [-0.39, 0.29) is 6.61 Å². The average molecular weight is 130 g/mol. The highest BCUT2D eigenvalue weighted by Gasteiger charge is 2.25. The summed E-state index contributed by atoms with van der Waals surface area (Å²) in [5.74, 6) is -0.961. The first-order chi connectivity index (χ1) is 4.20. The van der Waals surface area contributed by atoms with Gasteiger partial charge in [-0.15, -0.1) is 0 Å². The fourth-order valence-electron chi connectivity index (χ4n) is 0.527. The minimum Gasteiger partial charge on any atom is -0.451 e. The van der Waals surface area contributed by atoms with Gasteiger partial charge in [0, 0.05) is 0 Å². The van der Waals surface area contributed by atoms with E-state index in [0.29, 0.717) is 0 Å². The Morgan fingerprint density at radius 2 is 2.22 bits per heavy atom. The maximum absolute atomic E-state index is 10.4. The molecule has 1 aliphatic rings. The van der Waals surface area contributed by atoms with Gasteiger partial charge in [-0.25, -0.2) is 9.59 Å². The van der Waals surface area contributed by atoms with Gasteiger partial charge in [0.2, 0.25) is 0 Å². The van der Waals surface area contributed by atoms with Crippen LogP contribution in [0, 0.1) is 0 Å². The molecule has 0 amide bonds. The van der Waals surface area contributed by atoms with Crippen LogP contribution in [0.2, 0.25) is 0 Å². The third-order valence-corrected chi connectivity index (χ3v) is 0.972. The summed E-state index contributed by atoms with van der Waals surface area (Å²) in [7, 11) is 0. The molecule has 9 heavy (non-hydrogen) atoms. The summed E-state index contributed by atoms with van der Waals surface area (Å²) in [6, 6.07) is 0. The van der Waals surface area contributed by atoms with Gasteiger partial charge in [0.1, 0.15) is 0 Å². The molecule has 0 spiro atoms. The second kappa shape index (κ2) is 2.05. The summed E-state index contributed by atoms with van der Waals surface area (Å²) in [5.41, 5.74) is 0. The zero-order valence-corrected chi connectivity index (χ0v) is 4.92. The van der Waals surface area contributed by atoms with E-state index in [1.807, 2.05) is 0 Å². The fourth-order valence-corrected chi connectivity index (χ4v) is 0.527.